The molecule has 0 saturated carbocycles. The molecule has 3 aliphatic rings. The summed E-state index contributed by atoms with van der Waals surface area (Å²) in [6.07, 6.45) is 3.57. The molecule has 0 amide bonds. The van der Waals surface area contributed by atoms with Crippen molar-refractivity contribution in [2.24, 2.45) is 5.41 Å². The average molecular weight is 481 g/mol. The molecule has 2 atom stereocenters. The molecule has 1 N–H and O–H groups in total. The van der Waals surface area contributed by atoms with Crippen LogP contribution in [0.1, 0.15) is 59.4 Å². The summed E-state index contributed by atoms with van der Waals surface area (Å²) < 4.78 is 19.3. The van der Waals surface area contributed by atoms with Crippen LogP contribution in [0.5, 0.6) is 0 Å². The zero-order valence-corrected chi connectivity index (χ0v) is 22.8. The molecule has 1 heterocycles. The zero-order chi connectivity index (χ0) is 24.8. The number of benzene rings is 1. The number of hydrogen-bond acceptors (Lipinski definition) is 4. The van der Waals surface area contributed by atoms with Crippen molar-refractivity contribution in [3.63, 3.8) is 0 Å². The molecule has 0 radical (unpaired) electrons. The van der Waals surface area contributed by atoms with E-state index in [-0.39, 0.29) is 16.6 Å². The van der Waals surface area contributed by atoms with Crippen molar-refractivity contribution < 1.29 is 19.0 Å². The van der Waals surface area contributed by atoms with E-state index in [9.17, 15) is 5.11 Å². The van der Waals surface area contributed by atoms with Crippen LogP contribution in [-0.4, -0.2) is 44.6 Å². The maximum absolute atomic E-state index is 11.5. The Labute approximate surface area is 206 Å². The molecule has 0 bridgehead atoms. The van der Waals surface area contributed by atoms with Gasteiger partial charge in [-0.05, 0) is 49.0 Å². The summed E-state index contributed by atoms with van der Waals surface area (Å²) >= 11 is 0. The lowest BCUT2D eigenvalue weighted by atomic mass is 9.95. The van der Waals surface area contributed by atoms with Gasteiger partial charge in [-0.25, -0.2) is 0 Å². The van der Waals surface area contributed by atoms with Gasteiger partial charge in [0.15, 0.2) is 8.32 Å². The monoisotopic (exact) mass is 480 g/mol. The molecule has 1 fully saturated rings. The number of rotatable bonds is 3. The van der Waals surface area contributed by atoms with E-state index < -0.39 is 20.2 Å². The molecule has 5 heteroatoms. The molecule has 4 rings (SSSR count). The van der Waals surface area contributed by atoms with E-state index in [4.69, 9.17) is 13.9 Å². The normalized spacial score (nSPS) is 27.7. The largest absolute Gasteiger partial charge is 0.403 e. The molecule has 1 aromatic carbocycles. The second kappa shape index (κ2) is 9.08. The van der Waals surface area contributed by atoms with Gasteiger partial charge in [0.2, 0.25) is 5.79 Å². The number of ether oxygens (including phenoxy) is 2. The van der Waals surface area contributed by atoms with E-state index in [0.717, 1.165) is 36.0 Å². The summed E-state index contributed by atoms with van der Waals surface area (Å²) in [6, 6.07) is 10.0. The summed E-state index contributed by atoms with van der Waals surface area (Å²) in [4.78, 5) is 0. The van der Waals surface area contributed by atoms with Crippen LogP contribution in [0, 0.1) is 17.3 Å². The number of fused-ring (bicyclic) bond motifs is 2. The van der Waals surface area contributed by atoms with Crippen molar-refractivity contribution >= 4 is 14.4 Å². The predicted octanol–water partition coefficient (Wildman–Crippen LogP) is 6.09. The second-order valence-corrected chi connectivity index (χ2v) is 16.9. The van der Waals surface area contributed by atoms with E-state index in [1.165, 1.54) is 0 Å². The highest BCUT2D eigenvalue weighted by Gasteiger charge is 2.61. The van der Waals surface area contributed by atoms with Gasteiger partial charge in [-0.15, -0.1) is 0 Å². The molecule has 1 aromatic rings. The average Bonchev–Trinajstić information content (AvgIpc) is 3.38. The van der Waals surface area contributed by atoms with Gasteiger partial charge in [-0.1, -0.05) is 76.8 Å². The summed E-state index contributed by atoms with van der Waals surface area (Å²) in [5.74, 6) is 5.86. The molecular formula is C29H40O4Si. The molecule has 34 heavy (non-hydrogen) atoms. The number of aliphatic hydroxyl groups excluding tert-OH is 1. The molecule has 2 unspecified atom stereocenters. The van der Waals surface area contributed by atoms with E-state index in [0.29, 0.717) is 18.8 Å². The molecule has 0 aromatic heterocycles. The van der Waals surface area contributed by atoms with E-state index in [1.807, 2.05) is 36.4 Å². The minimum absolute atomic E-state index is 0.0341. The molecule has 1 saturated heterocycles. The van der Waals surface area contributed by atoms with Gasteiger partial charge in [-0.2, -0.15) is 0 Å². The Hall–Kier alpha value is -1.68. The SMILES string of the molecule is CC1(C)COC2(OC1)C1=C2C(O)/C(=C/c2ccccc2)C#CC(O[Si](C)(C)C(C)(C)C)CCC1. The summed E-state index contributed by atoms with van der Waals surface area (Å²) in [6.45, 7) is 16.8. The van der Waals surface area contributed by atoms with Crippen molar-refractivity contribution in [3.8, 4) is 11.8 Å². The van der Waals surface area contributed by atoms with Gasteiger partial charge in [0.25, 0.3) is 0 Å². The Morgan fingerprint density at radius 1 is 1.12 bits per heavy atom. The van der Waals surface area contributed by atoms with Crippen LogP contribution < -0.4 is 0 Å². The van der Waals surface area contributed by atoms with Crippen LogP contribution in [0.2, 0.25) is 18.1 Å². The van der Waals surface area contributed by atoms with Crippen LogP contribution in [0.4, 0.5) is 0 Å². The first-order valence-electron chi connectivity index (χ1n) is 12.5. The van der Waals surface area contributed by atoms with Crippen LogP contribution in [-0.2, 0) is 13.9 Å². The lowest BCUT2D eigenvalue weighted by molar-refractivity contribution is -0.236. The molecule has 1 aliphatic heterocycles. The highest BCUT2D eigenvalue weighted by Crippen LogP contribution is 2.56. The van der Waals surface area contributed by atoms with Gasteiger partial charge in [0.1, 0.15) is 12.2 Å². The number of aliphatic hydroxyl groups is 1. The van der Waals surface area contributed by atoms with Gasteiger partial charge in [-0.3, -0.25) is 0 Å². The molecular weight excluding hydrogens is 440 g/mol. The lowest BCUT2D eigenvalue weighted by Gasteiger charge is -2.38. The van der Waals surface area contributed by atoms with Crippen LogP contribution in [0.3, 0.4) is 0 Å². The van der Waals surface area contributed by atoms with E-state index in [2.05, 4.69) is 59.6 Å². The first-order chi connectivity index (χ1) is 15.8. The third kappa shape index (κ3) is 5.12. The van der Waals surface area contributed by atoms with Crippen molar-refractivity contribution in [1.29, 1.82) is 0 Å². The molecule has 4 nitrogen and oxygen atoms in total. The van der Waals surface area contributed by atoms with Crippen LogP contribution >= 0.6 is 0 Å². The fourth-order valence-electron chi connectivity index (χ4n) is 4.35. The van der Waals surface area contributed by atoms with E-state index in [1.54, 1.807) is 0 Å². The fourth-order valence-corrected chi connectivity index (χ4v) is 5.60. The smallest absolute Gasteiger partial charge is 0.218 e. The molecule has 1 spiro atoms. The highest BCUT2D eigenvalue weighted by molar-refractivity contribution is 6.74. The third-order valence-corrected chi connectivity index (χ3v) is 12.0. The quantitative estimate of drug-likeness (QED) is 0.323. The highest BCUT2D eigenvalue weighted by atomic mass is 28.4. The molecule has 184 valence electrons. The molecule has 2 aliphatic carbocycles. The van der Waals surface area contributed by atoms with Gasteiger partial charge in [0, 0.05) is 22.1 Å². The topological polar surface area (TPSA) is 47.9 Å². The summed E-state index contributed by atoms with van der Waals surface area (Å²) in [5.41, 5.74) is 3.58. The van der Waals surface area contributed by atoms with E-state index >= 15 is 0 Å². The predicted molar refractivity (Wildman–Crippen MR) is 140 cm³/mol. The Morgan fingerprint density at radius 2 is 1.76 bits per heavy atom. The summed E-state index contributed by atoms with van der Waals surface area (Å²) in [7, 11) is -1.98. The lowest BCUT2D eigenvalue weighted by Crippen LogP contribution is -2.43. The maximum Gasteiger partial charge on any atom is 0.218 e. The van der Waals surface area contributed by atoms with Crippen LogP contribution in [0.15, 0.2) is 47.1 Å². The first kappa shape index (κ1) is 25.4. The van der Waals surface area contributed by atoms with Crippen LogP contribution in [0.25, 0.3) is 6.08 Å². The minimum Gasteiger partial charge on any atom is -0.403 e. The van der Waals surface area contributed by atoms with Gasteiger partial charge < -0.3 is 19.0 Å². The van der Waals surface area contributed by atoms with Crippen molar-refractivity contribution in [3.05, 3.63) is 52.6 Å². The fraction of sp³-hybridized carbons (Fsp3) is 0.586. The minimum atomic E-state index is -1.98. The van der Waals surface area contributed by atoms with Gasteiger partial charge >= 0.3 is 0 Å². The van der Waals surface area contributed by atoms with Crippen molar-refractivity contribution in [2.75, 3.05) is 13.2 Å². The Morgan fingerprint density at radius 3 is 2.38 bits per heavy atom. The Kier molecular flexibility index (Phi) is 6.78. The van der Waals surface area contributed by atoms with Gasteiger partial charge in [0.05, 0.1) is 13.2 Å². The zero-order valence-electron chi connectivity index (χ0n) is 21.8. The maximum atomic E-state index is 11.5. The Balaban J connectivity index is 1.66. The first-order valence-corrected chi connectivity index (χ1v) is 15.4. The standard InChI is InChI=1S/C29H40O4Si/c1-27(2,3)34(6,7)33-23-14-11-15-24-25(29(24)31-19-28(4,5)20-32-29)26(30)22(16-17-23)18-21-12-9-8-10-13-21/h8-10,12-13,18,23,26,30H,11,14-15,19-20H2,1-7H3/b22-18+. The van der Waals surface area contributed by atoms with Crippen molar-refractivity contribution in [2.45, 2.75) is 90.0 Å². The number of hydrogen-bond donors (Lipinski definition) is 1. The Bertz CT molecular complexity index is 1020. The van der Waals surface area contributed by atoms with Crippen molar-refractivity contribution in [1.82, 2.24) is 0 Å². The summed E-state index contributed by atoms with van der Waals surface area (Å²) in [5, 5.41) is 11.6. The third-order valence-electron chi connectivity index (χ3n) is 7.55. The second-order valence-electron chi connectivity index (χ2n) is 12.2.